The summed E-state index contributed by atoms with van der Waals surface area (Å²) in [5.74, 6) is 2.29. The molecule has 0 bridgehead atoms. The first-order valence-corrected chi connectivity index (χ1v) is 9.00. The Morgan fingerprint density at radius 1 is 1.30 bits per heavy atom. The molecule has 2 fully saturated rings. The third-order valence-electron chi connectivity index (χ3n) is 5.10. The Labute approximate surface area is 138 Å². The second-order valence-corrected chi connectivity index (χ2v) is 6.98. The van der Waals surface area contributed by atoms with Crippen molar-refractivity contribution < 1.29 is 4.79 Å². The summed E-state index contributed by atoms with van der Waals surface area (Å²) >= 11 is 0. The average Bonchev–Trinajstić information content (AvgIpc) is 3.18. The molecule has 128 valence electrons. The van der Waals surface area contributed by atoms with Crippen LogP contribution in [0.2, 0.25) is 0 Å². The number of amides is 1. The molecule has 0 radical (unpaired) electrons. The molecule has 23 heavy (non-hydrogen) atoms. The summed E-state index contributed by atoms with van der Waals surface area (Å²) in [6.45, 7) is 9.72. The highest BCUT2D eigenvalue weighted by Crippen LogP contribution is 2.29. The fraction of sp³-hybridized carbons (Fsp3) is 0.824. The number of nitrogens with zero attached hydrogens (tertiary/aromatic N) is 5. The van der Waals surface area contributed by atoms with Gasteiger partial charge in [0.05, 0.1) is 6.54 Å². The number of aromatic nitrogens is 3. The molecule has 1 saturated heterocycles. The van der Waals surface area contributed by atoms with Gasteiger partial charge in [0.2, 0.25) is 5.91 Å². The van der Waals surface area contributed by atoms with Crippen molar-refractivity contribution in [1.29, 1.82) is 0 Å². The molecule has 1 aliphatic carbocycles. The molecule has 1 aromatic heterocycles. The highest BCUT2D eigenvalue weighted by atomic mass is 16.2. The molecule has 3 rings (SSSR count). The number of carbonyl (C=O) groups is 1. The maximum atomic E-state index is 11.9. The van der Waals surface area contributed by atoms with Crippen LogP contribution in [0.15, 0.2) is 0 Å². The average molecular weight is 319 g/mol. The van der Waals surface area contributed by atoms with E-state index in [9.17, 15) is 4.79 Å². The van der Waals surface area contributed by atoms with Crippen molar-refractivity contribution in [3.8, 4) is 0 Å². The summed E-state index contributed by atoms with van der Waals surface area (Å²) in [6.07, 6.45) is 5.83. The summed E-state index contributed by atoms with van der Waals surface area (Å²) in [7, 11) is 0. The molecule has 2 heterocycles. The van der Waals surface area contributed by atoms with Crippen molar-refractivity contribution in [3.05, 3.63) is 11.6 Å². The van der Waals surface area contributed by atoms with Crippen LogP contribution in [0, 0.1) is 6.92 Å². The van der Waals surface area contributed by atoms with Crippen molar-refractivity contribution >= 4 is 5.91 Å². The van der Waals surface area contributed by atoms with Gasteiger partial charge in [0.1, 0.15) is 11.6 Å². The van der Waals surface area contributed by atoms with Gasteiger partial charge in [0.15, 0.2) is 0 Å². The molecular weight excluding hydrogens is 290 g/mol. The summed E-state index contributed by atoms with van der Waals surface area (Å²) in [5.41, 5.74) is 0. The lowest BCUT2D eigenvalue weighted by atomic mass is 10.2. The molecule has 1 aliphatic heterocycles. The number of rotatable bonds is 7. The maximum Gasteiger partial charge on any atom is 0.219 e. The molecule has 1 amide bonds. The lowest BCUT2D eigenvalue weighted by Gasteiger charge is -2.30. The normalized spacial score (nSPS) is 21.8. The zero-order valence-electron chi connectivity index (χ0n) is 14.7. The summed E-state index contributed by atoms with van der Waals surface area (Å²) < 4.78 is 2.24. The van der Waals surface area contributed by atoms with E-state index in [0.29, 0.717) is 12.1 Å². The van der Waals surface area contributed by atoms with Gasteiger partial charge in [-0.2, -0.15) is 0 Å². The monoisotopic (exact) mass is 319 g/mol. The highest BCUT2D eigenvalue weighted by molar-refractivity contribution is 5.74. The Balaban J connectivity index is 1.66. The first-order chi connectivity index (χ1) is 11.1. The van der Waals surface area contributed by atoms with E-state index in [0.717, 1.165) is 44.2 Å². The topological polar surface area (TPSA) is 54.3 Å². The molecule has 6 heteroatoms. The van der Waals surface area contributed by atoms with Crippen molar-refractivity contribution in [3.63, 3.8) is 0 Å². The Morgan fingerprint density at radius 3 is 2.74 bits per heavy atom. The van der Waals surface area contributed by atoms with E-state index < -0.39 is 0 Å². The van der Waals surface area contributed by atoms with Crippen LogP contribution in [-0.2, 0) is 17.9 Å². The SMILES string of the molecule is CCCn1c(C)nnc1CN1CCCC1CN(C(C)=O)C1CC1. The number of likely N-dealkylation sites (tertiary alicyclic amines) is 1. The molecule has 1 aromatic rings. The minimum Gasteiger partial charge on any atom is -0.338 e. The number of hydrogen-bond acceptors (Lipinski definition) is 4. The smallest absolute Gasteiger partial charge is 0.219 e. The Hall–Kier alpha value is -1.43. The van der Waals surface area contributed by atoms with E-state index in [4.69, 9.17) is 0 Å². The van der Waals surface area contributed by atoms with Crippen LogP contribution in [0.5, 0.6) is 0 Å². The Kier molecular flexibility index (Phi) is 4.99. The highest BCUT2D eigenvalue weighted by Gasteiger charge is 2.35. The number of aryl methyl sites for hydroxylation is 1. The largest absolute Gasteiger partial charge is 0.338 e. The van der Waals surface area contributed by atoms with Crippen LogP contribution in [0.1, 0.15) is 57.6 Å². The predicted molar refractivity (Wildman–Crippen MR) is 88.9 cm³/mol. The summed E-state index contributed by atoms with van der Waals surface area (Å²) in [6, 6.07) is 0.965. The van der Waals surface area contributed by atoms with Gasteiger partial charge in [-0.25, -0.2) is 0 Å². The molecule has 0 spiro atoms. The molecule has 6 nitrogen and oxygen atoms in total. The molecule has 1 saturated carbocycles. The zero-order chi connectivity index (χ0) is 16.4. The van der Waals surface area contributed by atoms with Gasteiger partial charge in [0, 0.05) is 32.1 Å². The quantitative estimate of drug-likeness (QED) is 0.771. The van der Waals surface area contributed by atoms with Gasteiger partial charge in [-0.15, -0.1) is 10.2 Å². The van der Waals surface area contributed by atoms with Crippen LogP contribution in [0.4, 0.5) is 0 Å². The van der Waals surface area contributed by atoms with E-state index in [2.05, 4.69) is 31.5 Å². The molecule has 0 N–H and O–H groups in total. The third-order valence-corrected chi connectivity index (χ3v) is 5.10. The summed E-state index contributed by atoms with van der Waals surface area (Å²) in [5, 5.41) is 8.64. The molecule has 1 atom stereocenters. The zero-order valence-corrected chi connectivity index (χ0v) is 14.7. The molecule has 1 unspecified atom stereocenters. The van der Waals surface area contributed by atoms with E-state index in [1.54, 1.807) is 6.92 Å². The maximum absolute atomic E-state index is 11.9. The number of carbonyl (C=O) groups excluding carboxylic acids is 1. The van der Waals surface area contributed by atoms with Crippen LogP contribution < -0.4 is 0 Å². The molecule has 0 aromatic carbocycles. The van der Waals surface area contributed by atoms with Gasteiger partial charge in [-0.05, 0) is 45.6 Å². The van der Waals surface area contributed by atoms with Gasteiger partial charge < -0.3 is 9.47 Å². The third kappa shape index (κ3) is 3.74. The van der Waals surface area contributed by atoms with Crippen molar-refractivity contribution in [2.24, 2.45) is 0 Å². The minimum absolute atomic E-state index is 0.226. The van der Waals surface area contributed by atoms with Gasteiger partial charge in [-0.3, -0.25) is 9.69 Å². The number of hydrogen-bond donors (Lipinski definition) is 0. The standard InChI is InChI=1S/C17H29N5O/c1-4-9-21-13(2)18-19-17(21)12-20-10-5-6-16(20)11-22(14(3)23)15-7-8-15/h15-16H,4-12H2,1-3H3. The first kappa shape index (κ1) is 16.4. The lowest BCUT2D eigenvalue weighted by molar-refractivity contribution is -0.130. The van der Waals surface area contributed by atoms with E-state index in [1.165, 1.54) is 25.7 Å². The van der Waals surface area contributed by atoms with Crippen molar-refractivity contribution in [2.75, 3.05) is 13.1 Å². The second-order valence-electron chi connectivity index (χ2n) is 6.98. The van der Waals surface area contributed by atoms with Crippen molar-refractivity contribution in [1.82, 2.24) is 24.6 Å². The lowest BCUT2D eigenvalue weighted by Crippen LogP contribution is -2.43. The van der Waals surface area contributed by atoms with E-state index >= 15 is 0 Å². The van der Waals surface area contributed by atoms with Gasteiger partial charge in [-0.1, -0.05) is 6.92 Å². The Morgan fingerprint density at radius 2 is 2.09 bits per heavy atom. The minimum atomic E-state index is 0.226. The second kappa shape index (κ2) is 6.99. The van der Waals surface area contributed by atoms with Crippen LogP contribution in [0.25, 0.3) is 0 Å². The first-order valence-electron chi connectivity index (χ1n) is 9.00. The Bertz CT molecular complexity index is 551. The van der Waals surface area contributed by atoms with Crippen LogP contribution >= 0.6 is 0 Å². The fourth-order valence-electron chi connectivity index (χ4n) is 3.70. The fourth-order valence-corrected chi connectivity index (χ4v) is 3.70. The van der Waals surface area contributed by atoms with Crippen LogP contribution in [0.3, 0.4) is 0 Å². The van der Waals surface area contributed by atoms with Crippen molar-refractivity contribution in [2.45, 2.75) is 78.0 Å². The molecule has 2 aliphatic rings. The predicted octanol–water partition coefficient (Wildman–Crippen LogP) is 1.97. The molecular formula is C17H29N5O. The van der Waals surface area contributed by atoms with E-state index in [-0.39, 0.29) is 5.91 Å². The van der Waals surface area contributed by atoms with E-state index in [1.807, 2.05) is 6.92 Å². The van der Waals surface area contributed by atoms with Crippen LogP contribution in [-0.4, -0.2) is 55.6 Å². The van der Waals surface area contributed by atoms with Gasteiger partial charge >= 0.3 is 0 Å². The van der Waals surface area contributed by atoms with Gasteiger partial charge in [0.25, 0.3) is 0 Å². The summed E-state index contributed by atoms with van der Waals surface area (Å²) in [4.78, 5) is 16.5.